The summed E-state index contributed by atoms with van der Waals surface area (Å²) in [6.07, 6.45) is 5.30. The number of aryl methyl sites for hydroxylation is 2. The summed E-state index contributed by atoms with van der Waals surface area (Å²) >= 11 is 0. The second-order valence-corrected chi connectivity index (χ2v) is 33.9. The third-order valence-corrected chi connectivity index (χ3v) is 24.4. The minimum absolute atomic E-state index is 0.315. The van der Waals surface area contributed by atoms with Gasteiger partial charge < -0.3 is 0 Å². The molecule has 0 aliphatic heterocycles. The van der Waals surface area contributed by atoms with Gasteiger partial charge in [0.05, 0.1) is 78.7 Å². The Morgan fingerprint density at radius 2 is 0.431 bits per heavy atom. The molecule has 0 atom stereocenters. The SMILES string of the molecule is CC(C)c1ccc2ccc3c(-c4ccccc4)cc(-c4ccc(-c5nc(-c6ccccc6)nc(-c6ccccn6)n5)cc4)nc3c2n1.Cc1ccc2ccc3c(-c4ccccc4)cc(-c4ccc(-c5cc(-c6ccccc6)nc(-c6ccccn6)n5)cc4)nc3c2n1.Cc1ccc2ccc3c(-c4ccccc4)cc(-c4ccc(-c5nc(-c6ccccc6)cc(-c6ccccn6)n5)cc4)nc3c2n1. The molecule has 0 aliphatic carbocycles. The van der Waals surface area contributed by atoms with E-state index in [9.17, 15) is 0 Å². The quantitative estimate of drug-likeness (QED) is 0.0825. The van der Waals surface area contributed by atoms with Gasteiger partial charge in [-0.05, 0) is 138 Å². The van der Waals surface area contributed by atoms with Crippen LogP contribution in [0.15, 0.2) is 431 Å². The van der Waals surface area contributed by atoms with Crippen LogP contribution in [0, 0.1) is 13.8 Å². The van der Waals surface area contributed by atoms with Crippen molar-refractivity contribution in [3.63, 3.8) is 0 Å². The van der Waals surface area contributed by atoms with E-state index in [1.165, 1.54) is 0 Å². The molecule has 0 amide bonds. The van der Waals surface area contributed by atoms with E-state index in [2.05, 4.69) is 265 Å². The molecule has 0 unspecified atom stereocenters. The lowest BCUT2D eigenvalue weighted by Gasteiger charge is -2.14. The van der Waals surface area contributed by atoms with Crippen LogP contribution in [0.25, 0.3) is 235 Å². The maximum absolute atomic E-state index is 5.26. The molecule has 0 radical (unpaired) electrons. The number of fused-ring (bicyclic) bond motifs is 9. The molecule has 24 aromatic rings. The Morgan fingerprint density at radius 3 is 0.796 bits per heavy atom. The van der Waals surface area contributed by atoms with E-state index in [-0.39, 0.29) is 0 Å². The lowest BCUT2D eigenvalue weighted by atomic mass is 9.96. The number of aromatic nitrogens is 16. The van der Waals surface area contributed by atoms with Gasteiger partial charge in [0.15, 0.2) is 29.1 Å². The Balaban J connectivity index is 0.000000119. The predicted octanol–water partition coefficient (Wildman–Crippen LogP) is 29.0. The molecule has 12 aromatic heterocycles. The van der Waals surface area contributed by atoms with Gasteiger partial charge in [0, 0.05) is 118 Å². The van der Waals surface area contributed by atoms with Gasteiger partial charge in [0.2, 0.25) is 0 Å². The smallest absolute Gasteiger partial charge is 0.182 e. The molecular formula is C121H84N16. The zero-order valence-corrected chi connectivity index (χ0v) is 75.2. The number of rotatable bonds is 16. The molecular weight excluding hydrogens is 1680 g/mol. The van der Waals surface area contributed by atoms with Gasteiger partial charge in [-0.25, -0.2) is 49.8 Å². The van der Waals surface area contributed by atoms with Crippen LogP contribution in [0.5, 0.6) is 0 Å². The molecule has 0 N–H and O–H groups in total. The van der Waals surface area contributed by atoms with Gasteiger partial charge in [0.25, 0.3) is 0 Å². The molecule has 24 rings (SSSR count). The number of benzene rings is 12. The summed E-state index contributed by atoms with van der Waals surface area (Å²) in [6.45, 7) is 8.38. The lowest BCUT2D eigenvalue weighted by molar-refractivity contribution is 0.830. The van der Waals surface area contributed by atoms with Crippen LogP contribution >= 0.6 is 0 Å². The maximum atomic E-state index is 5.26. The van der Waals surface area contributed by atoms with E-state index in [4.69, 9.17) is 64.8 Å². The molecule has 648 valence electrons. The fourth-order valence-corrected chi connectivity index (χ4v) is 17.3. The summed E-state index contributed by atoms with van der Waals surface area (Å²) < 4.78 is 0. The van der Waals surface area contributed by atoms with E-state index in [1.54, 1.807) is 18.6 Å². The van der Waals surface area contributed by atoms with Gasteiger partial charge in [0.1, 0.15) is 11.4 Å². The Labute approximate surface area is 791 Å². The Kier molecular flexibility index (Phi) is 23.1. The van der Waals surface area contributed by atoms with Crippen molar-refractivity contribution in [2.24, 2.45) is 0 Å². The molecule has 0 aliphatic rings. The summed E-state index contributed by atoms with van der Waals surface area (Å²) in [5.74, 6) is 3.26. The molecule has 16 nitrogen and oxygen atoms in total. The molecule has 0 spiro atoms. The number of pyridine rings is 9. The van der Waals surface area contributed by atoms with Crippen molar-refractivity contribution in [1.29, 1.82) is 0 Å². The largest absolute Gasteiger partial charge is 0.255 e. The molecule has 0 saturated heterocycles. The molecule has 0 saturated carbocycles. The normalized spacial score (nSPS) is 11.3. The molecule has 0 bridgehead atoms. The zero-order chi connectivity index (χ0) is 92.1. The van der Waals surface area contributed by atoms with Crippen LogP contribution in [0.1, 0.15) is 36.8 Å². The van der Waals surface area contributed by atoms with E-state index >= 15 is 0 Å². The van der Waals surface area contributed by atoms with E-state index in [0.717, 1.165) is 217 Å². The van der Waals surface area contributed by atoms with Gasteiger partial charge in [-0.15, -0.1) is 0 Å². The van der Waals surface area contributed by atoms with Crippen LogP contribution in [0.2, 0.25) is 0 Å². The van der Waals surface area contributed by atoms with Crippen LogP contribution in [-0.4, -0.2) is 79.7 Å². The van der Waals surface area contributed by atoms with Crippen molar-refractivity contribution >= 4 is 65.4 Å². The van der Waals surface area contributed by atoms with Crippen molar-refractivity contribution in [2.75, 3.05) is 0 Å². The number of hydrogen-bond donors (Lipinski definition) is 0. The van der Waals surface area contributed by atoms with Crippen LogP contribution in [-0.2, 0) is 0 Å². The second-order valence-electron chi connectivity index (χ2n) is 33.9. The predicted molar refractivity (Wildman–Crippen MR) is 554 cm³/mol. The first-order valence-electron chi connectivity index (χ1n) is 45.6. The zero-order valence-electron chi connectivity index (χ0n) is 75.2. The highest BCUT2D eigenvalue weighted by atomic mass is 15.0. The summed E-state index contributed by atoms with van der Waals surface area (Å²) in [5.41, 5.74) is 32.2. The highest BCUT2D eigenvalue weighted by Gasteiger charge is 2.23. The van der Waals surface area contributed by atoms with E-state index in [1.807, 2.05) is 190 Å². The van der Waals surface area contributed by atoms with Crippen molar-refractivity contribution < 1.29 is 0 Å². The average molecular weight is 1760 g/mol. The summed E-state index contributed by atoms with van der Waals surface area (Å²) in [5, 5.41) is 6.48. The number of nitrogens with zero attached hydrogens (tertiary/aromatic N) is 16. The summed E-state index contributed by atoms with van der Waals surface area (Å²) in [6, 6.07) is 140. The highest BCUT2D eigenvalue weighted by molar-refractivity contribution is 6.12. The standard InChI is InChI=1S/C41H30N6.2C40H27N5/c1-26(2)34-23-21-29-20-22-32-33(27-11-5-3-6-12-27)25-36(44-38(32)37(29)43-34)28-16-18-31(19-17-28)40-45-39(30-13-7-4-8-14-30)46-41(47-40)35-15-9-10-24-42-35;1-26-15-16-31-21-22-32-33(27-10-4-2-5-11-27)24-35(43-39(32)38(31)42-26)29-17-19-30(20-18-29)37-25-36(28-12-6-3-7-13-28)44-40(45-37)34-14-8-9-23-41-34;1-26-15-16-30-21-22-32-33(27-10-4-2-5-11-27)24-35(43-39(32)38(30)42-26)29-17-19-31(20-18-29)40-44-36(28-12-6-3-7-13-28)25-37(45-40)34-14-8-9-23-41-34/h3-26H,1-2H3;2*2-25H,1H3. The van der Waals surface area contributed by atoms with Gasteiger partial charge in [-0.1, -0.05) is 341 Å². The van der Waals surface area contributed by atoms with E-state index < -0.39 is 0 Å². The van der Waals surface area contributed by atoms with Crippen molar-refractivity contribution in [1.82, 2.24) is 79.7 Å². The summed E-state index contributed by atoms with van der Waals surface area (Å²) in [4.78, 5) is 78.4. The monoisotopic (exact) mass is 1760 g/mol. The average Bonchev–Trinajstić information content (AvgIpc) is 0.755. The van der Waals surface area contributed by atoms with Crippen LogP contribution < -0.4 is 0 Å². The molecule has 0 fully saturated rings. The van der Waals surface area contributed by atoms with Gasteiger partial charge in [-0.3, -0.25) is 29.9 Å². The maximum Gasteiger partial charge on any atom is 0.182 e. The Morgan fingerprint density at radius 1 is 0.168 bits per heavy atom. The minimum Gasteiger partial charge on any atom is -0.255 e. The first-order chi connectivity index (χ1) is 67.5. The third kappa shape index (κ3) is 17.8. The van der Waals surface area contributed by atoms with Crippen molar-refractivity contribution in [3.05, 3.63) is 448 Å². The fourth-order valence-electron chi connectivity index (χ4n) is 17.3. The third-order valence-electron chi connectivity index (χ3n) is 24.4. The summed E-state index contributed by atoms with van der Waals surface area (Å²) in [7, 11) is 0. The first kappa shape index (κ1) is 84.3. The molecule has 137 heavy (non-hydrogen) atoms. The second kappa shape index (κ2) is 37.5. The Bertz CT molecular complexity index is 8050. The van der Waals surface area contributed by atoms with Crippen molar-refractivity contribution in [2.45, 2.75) is 33.6 Å². The number of hydrogen-bond acceptors (Lipinski definition) is 16. The highest BCUT2D eigenvalue weighted by Crippen LogP contribution is 2.42. The van der Waals surface area contributed by atoms with Crippen LogP contribution in [0.3, 0.4) is 0 Å². The van der Waals surface area contributed by atoms with Gasteiger partial charge in [-0.2, -0.15) is 0 Å². The fraction of sp³-hybridized carbons (Fsp3) is 0.0413. The molecule has 16 heteroatoms. The minimum atomic E-state index is 0.315. The van der Waals surface area contributed by atoms with E-state index in [0.29, 0.717) is 40.7 Å². The molecule has 12 aromatic carbocycles. The topological polar surface area (TPSA) is 206 Å². The lowest BCUT2D eigenvalue weighted by Crippen LogP contribution is -2.01. The van der Waals surface area contributed by atoms with Crippen LogP contribution in [0.4, 0.5) is 0 Å². The first-order valence-corrected chi connectivity index (χ1v) is 45.6. The van der Waals surface area contributed by atoms with Gasteiger partial charge >= 0.3 is 0 Å². The Hall–Kier alpha value is -18.3. The molecule has 12 heterocycles. The van der Waals surface area contributed by atoms with Crippen molar-refractivity contribution in [3.8, 4) is 170 Å².